The van der Waals surface area contributed by atoms with Crippen molar-refractivity contribution in [2.24, 2.45) is 0 Å². The third-order valence-corrected chi connectivity index (χ3v) is 4.25. The maximum absolute atomic E-state index is 12.8. The van der Waals surface area contributed by atoms with Crippen LogP contribution in [0.3, 0.4) is 0 Å². The lowest BCUT2D eigenvalue weighted by molar-refractivity contribution is -0.119. The van der Waals surface area contributed by atoms with Crippen LogP contribution in [0.5, 0.6) is 0 Å². The van der Waals surface area contributed by atoms with Crippen LogP contribution in [-0.4, -0.2) is 59.5 Å². The number of imide groups is 1. The van der Waals surface area contributed by atoms with Crippen molar-refractivity contribution in [1.29, 1.82) is 0 Å². The number of hydrogen-bond donors (Lipinski definition) is 1. The van der Waals surface area contributed by atoms with Gasteiger partial charge in [-0.2, -0.15) is 0 Å². The molecular weight excluding hydrogens is 308 g/mol. The van der Waals surface area contributed by atoms with Gasteiger partial charge >= 0.3 is 12.1 Å². The summed E-state index contributed by atoms with van der Waals surface area (Å²) >= 11 is 0. The van der Waals surface area contributed by atoms with Crippen LogP contribution in [-0.2, 0) is 4.79 Å². The predicted octanol–water partition coefficient (Wildman–Crippen LogP) is 1.65. The quantitative estimate of drug-likeness (QED) is 0.838. The Balaban J connectivity index is 1.81. The minimum absolute atomic E-state index is 0.0265. The predicted molar refractivity (Wildman–Crippen MR) is 89.7 cm³/mol. The molecule has 1 N–H and O–H groups in total. The average molecular weight is 330 g/mol. The van der Waals surface area contributed by atoms with Crippen molar-refractivity contribution in [3.05, 3.63) is 30.3 Å². The molecule has 7 heteroatoms. The summed E-state index contributed by atoms with van der Waals surface area (Å²) in [4.78, 5) is 42.2. The number of fused-ring (bicyclic) bond motifs is 1. The van der Waals surface area contributed by atoms with E-state index in [0.29, 0.717) is 25.2 Å². The van der Waals surface area contributed by atoms with Crippen molar-refractivity contribution in [1.82, 2.24) is 15.1 Å². The zero-order chi connectivity index (χ0) is 17.3. The van der Waals surface area contributed by atoms with Crippen molar-refractivity contribution < 1.29 is 14.4 Å². The molecule has 0 radical (unpaired) electrons. The fourth-order valence-electron chi connectivity index (χ4n) is 3.14. The number of carbonyl (C=O) groups is 3. The van der Waals surface area contributed by atoms with Gasteiger partial charge in [-0.25, -0.2) is 14.5 Å². The molecule has 128 valence electrons. The molecule has 2 heterocycles. The number of carbonyl (C=O) groups excluding carboxylic acids is 3. The van der Waals surface area contributed by atoms with Gasteiger partial charge < -0.3 is 15.1 Å². The first kappa shape index (κ1) is 16.3. The molecule has 1 unspecified atom stereocenters. The molecule has 3 rings (SSSR count). The van der Waals surface area contributed by atoms with E-state index in [1.165, 1.54) is 4.90 Å². The Morgan fingerprint density at radius 2 is 1.88 bits per heavy atom. The van der Waals surface area contributed by atoms with Gasteiger partial charge in [-0.3, -0.25) is 4.79 Å². The van der Waals surface area contributed by atoms with Gasteiger partial charge in [0.15, 0.2) is 0 Å². The fraction of sp³-hybridized carbons (Fsp3) is 0.471. The highest BCUT2D eigenvalue weighted by atomic mass is 16.2. The lowest BCUT2D eigenvalue weighted by Crippen LogP contribution is -2.48. The summed E-state index contributed by atoms with van der Waals surface area (Å²) in [6.45, 7) is 5.03. The molecule has 2 saturated heterocycles. The van der Waals surface area contributed by atoms with Crippen LogP contribution >= 0.6 is 0 Å². The summed E-state index contributed by atoms with van der Waals surface area (Å²) < 4.78 is 0. The van der Waals surface area contributed by atoms with Crippen LogP contribution in [0.25, 0.3) is 0 Å². The SMILES string of the molecule is CC(C)NC(=O)N1CCCN2C(=O)N(c3ccccc3)C(=O)C2C1. The molecule has 2 aliphatic rings. The Labute approximate surface area is 141 Å². The van der Waals surface area contributed by atoms with Gasteiger partial charge in [-0.15, -0.1) is 0 Å². The monoisotopic (exact) mass is 330 g/mol. The highest BCUT2D eigenvalue weighted by Gasteiger charge is 2.47. The third kappa shape index (κ3) is 2.93. The maximum atomic E-state index is 12.8. The molecule has 0 aliphatic carbocycles. The Kier molecular flexibility index (Phi) is 4.42. The van der Waals surface area contributed by atoms with E-state index in [2.05, 4.69) is 5.32 Å². The standard InChI is InChI=1S/C17H22N4O3/c1-12(2)18-16(23)19-9-6-10-20-14(11-19)15(22)21(17(20)24)13-7-4-3-5-8-13/h3-5,7-8,12,14H,6,9-11H2,1-2H3,(H,18,23). The summed E-state index contributed by atoms with van der Waals surface area (Å²) in [5, 5.41) is 2.85. The number of benzene rings is 1. The number of amides is 5. The lowest BCUT2D eigenvalue weighted by atomic mass is 10.2. The third-order valence-electron chi connectivity index (χ3n) is 4.25. The summed E-state index contributed by atoms with van der Waals surface area (Å²) in [6, 6.07) is 7.83. The van der Waals surface area contributed by atoms with E-state index in [9.17, 15) is 14.4 Å². The Morgan fingerprint density at radius 1 is 1.17 bits per heavy atom. The second-order valence-electron chi connectivity index (χ2n) is 6.40. The molecule has 1 aromatic rings. The maximum Gasteiger partial charge on any atom is 0.332 e. The van der Waals surface area contributed by atoms with Crippen molar-refractivity contribution in [2.45, 2.75) is 32.4 Å². The van der Waals surface area contributed by atoms with Gasteiger partial charge in [0, 0.05) is 19.1 Å². The van der Waals surface area contributed by atoms with Gasteiger partial charge in [-0.05, 0) is 32.4 Å². The summed E-state index contributed by atoms with van der Waals surface area (Å²) in [7, 11) is 0. The van der Waals surface area contributed by atoms with Crippen LogP contribution in [0.4, 0.5) is 15.3 Å². The molecule has 0 aromatic heterocycles. The van der Waals surface area contributed by atoms with Gasteiger partial charge in [0.2, 0.25) is 0 Å². The number of nitrogens with zero attached hydrogens (tertiary/aromatic N) is 3. The van der Waals surface area contributed by atoms with Crippen molar-refractivity contribution in [3.8, 4) is 0 Å². The second kappa shape index (κ2) is 6.51. The number of hydrogen-bond acceptors (Lipinski definition) is 3. The van der Waals surface area contributed by atoms with Crippen molar-refractivity contribution >= 4 is 23.7 Å². The Bertz CT molecular complexity index is 646. The molecule has 0 bridgehead atoms. The zero-order valence-electron chi connectivity index (χ0n) is 13.9. The minimum atomic E-state index is -0.613. The van der Waals surface area contributed by atoms with Gasteiger partial charge in [-0.1, -0.05) is 18.2 Å². The smallest absolute Gasteiger partial charge is 0.332 e. The largest absolute Gasteiger partial charge is 0.336 e. The van der Waals surface area contributed by atoms with Crippen LogP contribution in [0.15, 0.2) is 30.3 Å². The molecular formula is C17H22N4O3. The summed E-state index contributed by atoms with van der Waals surface area (Å²) in [5.74, 6) is -0.268. The Hall–Kier alpha value is -2.57. The van der Waals surface area contributed by atoms with Gasteiger partial charge in [0.1, 0.15) is 6.04 Å². The molecule has 7 nitrogen and oxygen atoms in total. The Morgan fingerprint density at radius 3 is 2.54 bits per heavy atom. The highest BCUT2D eigenvalue weighted by Crippen LogP contribution is 2.27. The molecule has 1 atom stereocenters. The molecule has 0 saturated carbocycles. The van der Waals surface area contributed by atoms with Gasteiger partial charge in [0.05, 0.1) is 12.2 Å². The van der Waals surface area contributed by atoms with Crippen LogP contribution < -0.4 is 10.2 Å². The average Bonchev–Trinajstić information content (AvgIpc) is 2.71. The number of para-hydroxylation sites is 1. The van der Waals surface area contributed by atoms with E-state index in [0.717, 1.165) is 0 Å². The van der Waals surface area contributed by atoms with E-state index in [-0.39, 0.29) is 30.6 Å². The lowest BCUT2D eigenvalue weighted by Gasteiger charge is -2.24. The van der Waals surface area contributed by atoms with E-state index in [1.54, 1.807) is 34.1 Å². The molecule has 24 heavy (non-hydrogen) atoms. The highest BCUT2D eigenvalue weighted by molar-refractivity contribution is 6.21. The number of anilines is 1. The zero-order valence-corrected chi connectivity index (χ0v) is 13.9. The first-order valence-corrected chi connectivity index (χ1v) is 8.24. The number of nitrogens with one attached hydrogen (secondary N) is 1. The molecule has 5 amide bonds. The topological polar surface area (TPSA) is 73.0 Å². The minimum Gasteiger partial charge on any atom is -0.336 e. The first-order valence-electron chi connectivity index (χ1n) is 8.24. The number of rotatable bonds is 2. The van der Waals surface area contributed by atoms with E-state index in [1.807, 2.05) is 19.9 Å². The molecule has 2 fully saturated rings. The molecule has 2 aliphatic heterocycles. The van der Waals surface area contributed by atoms with E-state index >= 15 is 0 Å². The van der Waals surface area contributed by atoms with Gasteiger partial charge in [0.25, 0.3) is 5.91 Å². The normalized spacial score (nSPS) is 21.1. The summed E-state index contributed by atoms with van der Waals surface area (Å²) in [6.07, 6.45) is 0.656. The van der Waals surface area contributed by atoms with Crippen LogP contribution in [0.1, 0.15) is 20.3 Å². The number of urea groups is 2. The second-order valence-corrected chi connectivity index (χ2v) is 6.40. The molecule has 1 aromatic carbocycles. The summed E-state index contributed by atoms with van der Waals surface area (Å²) in [5.41, 5.74) is 0.568. The van der Waals surface area contributed by atoms with Crippen molar-refractivity contribution in [2.75, 3.05) is 24.5 Å². The first-order chi connectivity index (χ1) is 11.5. The van der Waals surface area contributed by atoms with Crippen molar-refractivity contribution in [3.63, 3.8) is 0 Å². The van der Waals surface area contributed by atoms with Crippen LogP contribution in [0, 0.1) is 0 Å². The fourth-order valence-corrected chi connectivity index (χ4v) is 3.14. The van der Waals surface area contributed by atoms with E-state index in [4.69, 9.17) is 0 Å². The van der Waals surface area contributed by atoms with Crippen LogP contribution in [0.2, 0.25) is 0 Å². The van der Waals surface area contributed by atoms with E-state index < -0.39 is 6.04 Å². The molecule has 0 spiro atoms.